The van der Waals surface area contributed by atoms with Crippen molar-refractivity contribution in [3.63, 3.8) is 0 Å². The van der Waals surface area contributed by atoms with E-state index in [0.717, 1.165) is 0 Å². The van der Waals surface area contributed by atoms with Crippen LogP contribution in [0.2, 0.25) is 0 Å². The number of para-hydroxylation sites is 1. The van der Waals surface area contributed by atoms with Crippen molar-refractivity contribution in [2.75, 3.05) is 5.32 Å². The summed E-state index contributed by atoms with van der Waals surface area (Å²) in [5, 5.41) is 12.4. The molecule has 0 aliphatic heterocycles. The molecule has 0 unspecified atom stereocenters. The van der Waals surface area contributed by atoms with Crippen molar-refractivity contribution in [1.82, 2.24) is 9.55 Å². The van der Waals surface area contributed by atoms with Gasteiger partial charge in [-0.2, -0.15) is 5.26 Å². The lowest BCUT2D eigenvalue weighted by Gasteiger charge is -2.13. The lowest BCUT2D eigenvalue weighted by Crippen LogP contribution is -2.30. The van der Waals surface area contributed by atoms with E-state index >= 15 is 0 Å². The Balaban J connectivity index is 1.82. The van der Waals surface area contributed by atoms with Crippen LogP contribution in [0.1, 0.15) is 21.5 Å². The quantitative estimate of drug-likeness (QED) is 0.568. The van der Waals surface area contributed by atoms with Gasteiger partial charge in [0.15, 0.2) is 0 Å². The van der Waals surface area contributed by atoms with Gasteiger partial charge in [-0.05, 0) is 36.4 Å². The van der Waals surface area contributed by atoms with Crippen LogP contribution >= 0.6 is 0 Å². The molecule has 0 radical (unpaired) electrons. The first-order valence-electron chi connectivity index (χ1n) is 9.11. The van der Waals surface area contributed by atoms with Gasteiger partial charge in [0.25, 0.3) is 11.5 Å². The number of carbonyl (C=O) groups excluding carboxylic acids is 1. The number of rotatable bonds is 4. The average molecular weight is 398 g/mol. The number of halogens is 1. The molecule has 0 saturated heterocycles. The summed E-state index contributed by atoms with van der Waals surface area (Å²) in [5.41, 5.74) is 0.506. The van der Waals surface area contributed by atoms with Crippen LogP contribution in [0.15, 0.2) is 77.7 Å². The van der Waals surface area contributed by atoms with Crippen molar-refractivity contribution in [2.45, 2.75) is 6.54 Å². The number of anilines is 1. The summed E-state index contributed by atoms with van der Waals surface area (Å²) in [6.07, 6.45) is 1.53. The number of nitrogens with one attached hydrogen (secondary N) is 1. The summed E-state index contributed by atoms with van der Waals surface area (Å²) in [6.45, 7) is -0.0745. The zero-order chi connectivity index (χ0) is 21.1. The molecule has 30 heavy (non-hydrogen) atoms. The third-order valence-electron chi connectivity index (χ3n) is 4.67. The summed E-state index contributed by atoms with van der Waals surface area (Å²) in [5.74, 6) is -1.11. The van der Waals surface area contributed by atoms with Gasteiger partial charge >= 0.3 is 0 Å². The van der Waals surface area contributed by atoms with Gasteiger partial charge in [0, 0.05) is 17.1 Å². The number of nitriles is 1. The third-order valence-corrected chi connectivity index (χ3v) is 4.67. The summed E-state index contributed by atoms with van der Waals surface area (Å²) in [7, 11) is 0. The minimum Gasteiger partial charge on any atom is -0.321 e. The number of hydrogen-bond acceptors (Lipinski definition) is 4. The highest BCUT2D eigenvalue weighted by Crippen LogP contribution is 2.17. The normalized spacial score (nSPS) is 10.5. The highest BCUT2D eigenvalue weighted by atomic mass is 19.1. The Kier molecular flexibility index (Phi) is 5.06. The first-order valence-corrected chi connectivity index (χ1v) is 9.11. The van der Waals surface area contributed by atoms with Gasteiger partial charge in [-0.25, -0.2) is 9.37 Å². The molecule has 0 saturated carbocycles. The van der Waals surface area contributed by atoms with Crippen molar-refractivity contribution < 1.29 is 9.18 Å². The van der Waals surface area contributed by atoms with E-state index in [1.54, 1.807) is 54.6 Å². The molecule has 4 rings (SSSR count). The largest absolute Gasteiger partial charge is 0.321 e. The van der Waals surface area contributed by atoms with Gasteiger partial charge in [0.05, 0.1) is 17.8 Å². The van der Waals surface area contributed by atoms with E-state index in [2.05, 4.69) is 10.3 Å². The number of amides is 1. The second-order valence-electron chi connectivity index (χ2n) is 6.57. The van der Waals surface area contributed by atoms with Crippen LogP contribution in [0.5, 0.6) is 0 Å². The minimum atomic E-state index is -0.657. The molecule has 2 aromatic heterocycles. The molecule has 1 amide bonds. The predicted molar refractivity (Wildman–Crippen MR) is 111 cm³/mol. The first kappa shape index (κ1) is 19.0. The molecule has 6 nitrogen and oxygen atoms in total. The fraction of sp³-hybridized carbons (Fsp3) is 0.0435. The molecular weight excluding hydrogens is 383 g/mol. The standard InChI is InChI=1S/C23H15FN4O2/c24-19-9-3-1-7-17(19)14-28-21-15(8-5-11-26-21)12-18(23(28)30)22(29)27-20-10-4-2-6-16(20)13-25/h1-12H,14H2,(H,27,29). The third kappa shape index (κ3) is 3.54. The molecule has 146 valence electrons. The van der Waals surface area contributed by atoms with E-state index in [4.69, 9.17) is 0 Å². The number of carbonyl (C=O) groups is 1. The van der Waals surface area contributed by atoms with Crippen molar-refractivity contribution in [1.29, 1.82) is 5.26 Å². The maximum absolute atomic E-state index is 14.2. The Labute approximate surface area is 170 Å². The van der Waals surface area contributed by atoms with Crippen LogP contribution in [0.25, 0.3) is 11.0 Å². The summed E-state index contributed by atoms with van der Waals surface area (Å²) >= 11 is 0. The van der Waals surface area contributed by atoms with E-state index in [9.17, 15) is 19.2 Å². The second kappa shape index (κ2) is 7.97. The van der Waals surface area contributed by atoms with Crippen LogP contribution in [-0.2, 0) is 6.54 Å². The molecule has 0 spiro atoms. The highest BCUT2D eigenvalue weighted by molar-refractivity contribution is 6.06. The summed E-state index contributed by atoms with van der Waals surface area (Å²) in [4.78, 5) is 30.3. The van der Waals surface area contributed by atoms with Crippen LogP contribution in [-0.4, -0.2) is 15.5 Å². The lowest BCUT2D eigenvalue weighted by atomic mass is 10.1. The van der Waals surface area contributed by atoms with E-state index in [0.29, 0.717) is 22.3 Å². The SMILES string of the molecule is N#Cc1ccccc1NC(=O)c1cc2cccnc2n(Cc2ccccc2F)c1=O. The number of benzene rings is 2. The average Bonchev–Trinajstić information content (AvgIpc) is 2.77. The fourth-order valence-electron chi connectivity index (χ4n) is 3.19. The number of hydrogen-bond donors (Lipinski definition) is 1. The molecule has 4 aromatic rings. The maximum atomic E-state index is 14.2. The van der Waals surface area contributed by atoms with Crippen LogP contribution < -0.4 is 10.9 Å². The van der Waals surface area contributed by atoms with Gasteiger partial charge in [0.1, 0.15) is 23.1 Å². The molecule has 1 N–H and O–H groups in total. The van der Waals surface area contributed by atoms with Crippen LogP contribution in [0.3, 0.4) is 0 Å². The molecular formula is C23H15FN4O2. The van der Waals surface area contributed by atoms with Crippen molar-refractivity contribution in [2.24, 2.45) is 0 Å². The van der Waals surface area contributed by atoms with Gasteiger partial charge in [0.2, 0.25) is 0 Å². The van der Waals surface area contributed by atoms with Gasteiger partial charge in [-0.1, -0.05) is 30.3 Å². The zero-order valence-electron chi connectivity index (χ0n) is 15.7. The number of fused-ring (bicyclic) bond motifs is 1. The molecule has 2 heterocycles. The topological polar surface area (TPSA) is 87.8 Å². The van der Waals surface area contributed by atoms with E-state index < -0.39 is 17.3 Å². The Hall–Kier alpha value is -4.31. The van der Waals surface area contributed by atoms with Gasteiger partial charge in [-0.3, -0.25) is 14.2 Å². The predicted octanol–water partition coefficient (Wildman–Crippen LogP) is 3.71. The van der Waals surface area contributed by atoms with Crippen LogP contribution in [0.4, 0.5) is 10.1 Å². The van der Waals surface area contributed by atoms with Gasteiger partial charge in [-0.15, -0.1) is 0 Å². The maximum Gasteiger partial charge on any atom is 0.265 e. The summed E-state index contributed by atoms with van der Waals surface area (Å²) in [6, 6.07) is 19.5. The van der Waals surface area contributed by atoms with Crippen molar-refractivity contribution >= 4 is 22.6 Å². The van der Waals surface area contributed by atoms with E-state index in [1.807, 2.05) is 6.07 Å². The molecule has 2 aromatic carbocycles. The smallest absolute Gasteiger partial charge is 0.265 e. The highest BCUT2D eigenvalue weighted by Gasteiger charge is 2.18. The Morgan fingerprint density at radius 3 is 2.67 bits per heavy atom. The van der Waals surface area contributed by atoms with Gasteiger partial charge < -0.3 is 5.32 Å². The molecule has 0 fully saturated rings. The summed E-state index contributed by atoms with van der Waals surface area (Å²) < 4.78 is 15.5. The number of aromatic nitrogens is 2. The van der Waals surface area contributed by atoms with Crippen molar-refractivity contribution in [3.8, 4) is 6.07 Å². The molecule has 7 heteroatoms. The number of pyridine rings is 2. The second-order valence-corrected chi connectivity index (χ2v) is 6.57. The molecule has 0 atom stereocenters. The minimum absolute atomic E-state index is 0.0745. The van der Waals surface area contributed by atoms with E-state index in [-0.39, 0.29) is 17.7 Å². The zero-order valence-corrected chi connectivity index (χ0v) is 15.7. The molecule has 0 aliphatic rings. The number of nitrogens with zero attached hydrogens (tertiary/aromatic N) is 3. The first-order chi connectivity index (χ1) is 14.6. The molecule has 0 bridgehead atoms. The molecule has 0 aliphatic carbocycles. The Morgan fingerprint density at radius 2 is 1.87 bits per heavy atom. The Bertz CT molecular complexity index is 1370. The van der Waals surface area contributed by atoms with E-state index in [1.165, 1.54) is 22.9 Å². The monoisotopic (exact) mass is 398 g/mol. The fourth-order valence-corrected chi connectivity index (χ4v) is 3.19. The Morgan fingerprint density at radius 1 is 1.10 bits per heavy atom. The lowest BCUT2D eigenvalue weighted by molar-refractivity contribution is 0.102. The van der Waals surface area contributed by atoms with Crippen LogP contribution in [0, 0.1) is 17.1 Å². The van der Waals surface area contributed by atoms with Crippen molar-refractivity contribution in [3.05, 3.63) is 106 Å².